The summed E-state index contributed by atoms with van der Waals surface area (Å²) in [6.45, 7) is 0.483. The fourth-order valence-electron chi connectivity index (χ4n) is 2.67. The first-order valence-electron chi connectivity index (χ1n) is 8.89. The molecule has 0 spiro atoms. The van der Waals surface area contributed by atoms with E-state index in [1.165, 1.54) is 24.3 Å². The molecular weight excluding hydrogens is 385 g/mol. The number of aryl methyl sites for hydroxylation is 1. The van der Waals surface area contributed by atoms with Crippen LogP contribution in [-0.4, -0.2) is 28.8 Å². The number of imidazole rings is 1. The van der Waals surface area contributed by atoms with Crippen LogP contribution in [0.3, 0.4) is 0 Å². The third-order valence-electron chi connectivity index (χ3n) is 3.97. The zero-order valence-electron chi connectivity index (χ0n) is 15.3. The normalized spacial score (nSPS) is 11.1. The van der Waals surface area contributed by atoms with Crippen LogP contribution in [0.1, 0.15) is 22.6 Å². The van der Waals surface area contributed by atoms with Gasteiger partial charge in [0.05, 0.1) is 11.3 Å². The largest absolute Gasteiger partial charge is 0.573 e. The van der Waals surface area contributed by atoms with E-state index in [0.29, 0.717) is 23.5 Å². The van der Waals surface area contributed by atoms with Crippen molar-refractivity contribution in [3.05, 3.63) is 72.3 Å². The molecule has 0 radical (unpaired) electrons. The Hall–Kier alpha value is -3.49. The first-order valence-corrected chi connectivity index (χ1v) is 8.89. The number of halogens is 3. The van der Waals surface area contributed by atoms with Gasteiger partial charge in [-0.2, -0.15) is 0 Å². The van der Waals surface area contributed by atoms with E-state index in [2.05, 4.69) is 25.3 Å². The average molecular weight is 404 g/mol. The molecule has 152 valence electrons. The zero-order chi connectivity index (χ0) is 20.7. The van der Waals surface area contributed by atoms with Crippen molar-refractivity contribution in [1.82, 2.24) is 15.3 Å². The third-order valence-corrected chi connectivity index (χ3v) is 3.97. The Kier molecular flexibility index (Phi) is 6.38. The molecule has 9 heteroatoms. The number of H-pyrrole nitrogens is 1. The van der Waals surface area contributed by atoms with Crippen LogP contribution in [0.25, 0.3) is 0 Å². The molecule has 29 heavy (non-hydrogen) atoms. The summed E-state index contributed by atoms with van der Waals surface area (Å²) in [5.41, 5.74) is 1.50. The molecule has 1 amide bonds. The molecule has 3 N–H and O–H groups in total. The molecule has 0 saturated heterocycles. The fourth-order valence-corrected chi connectivity index (χ4v) is 2.67. The number of nitrogens with zero attached hydrogens (tertiary/aromatic N) is 1. The van der Waals surface area contributed by atoms with E-state index in [4.69, 9.17) is 0 Å². The van der Waals surface area contributed by atoms with E-state index in [9.17, 15) is 18.0 Å². The standard InChI is InChI=1S/C20H19F3N4O2/c21-20(22,23)29-15-9-7-14(8-10-15)27-17-5-2-1-4-16(17)19(28)26-11-3-6-18-24-12-13-25-18/h1-2,4-5,7-10,12-13,27H,3,6,11H2,(H,24,25)(H,26,28). The van der Waals surface area contributed by atoms with Crippen molar-refractivity contribution in [2.45, 2.75) is 19.2 Å². The maximum atomic E-state index is 12.5. The highest BCUT2D eigenvalue weighted by atomic mass is 19.4. The average Bonchev–Trinajstić information content (AvgIpc) is 3.19. The lowest BCUT2D eigenvalue weighted by Gasteiger charge is -2.13. The molecule has 0 aliphatic heterocycles. The van der Waals surface area contributed by atoms with Crippen LogP contribution < -0.4 is 15.4 Å². The van der Waals surface area contributed by atoms with Crippen LogP contribution >= 0.6 is 0 Å². The number of carbonyl (C=O) groups is 1. The summed E-state index contributed by atoms with van der Waals surface area (Å²) < 4.78 is 40.6. The number of anilines is 2. The van der Waals surface area contributed by atoms with E-state index >= 15 is 0 Å². The molecular formula is C20H19F3N4O2. The smallest absolute Gasteiger partial charge is 0.406 e. The Labute approximate surface area is 165 Å². The van der Waals surface area contributed by atoms with Crippen molar-refractivity contribution < 1.29 is 22.7 Å². The van der Waals surface area contributed by atoms with Crippen molar-refractivity contribution in [2.75, 3.05) is 11.9 Å². The van der Waals surface area contributed by atoms with Crippen LogP contribution in [0, 0.1) is 0 Å². The van der Waals surface area contributed by atoms with E-state index < -0.39 is 6.36 Å². The number of hydrogen-bond donors (Lipinski definition) is 3. The number of aromatic amines is 1. The predicted molar refractivity (Wildman–Crippen MR) is 102 cm³/mol. The summed E-state index contributed by atoms with van der Waals surface area (Å²) in [4.78, 5) is 19.6. The Morgan fingerprint density at radius 1 is 1.10 bits per heavy atom. The molecule has 2 aromatic carbocycles. The maximum Gasteiger partial charge on any atom is 0.573 e. The molecule has 0 bridgehead atoms. The molecule has 3 aromatic rings. The lowest BCUT2D eigenvalue weighted by molar-refractivity contribution is -0.274. The monoisotopic (exact) mass is 404 g/mol. The molecule has 0 atom stereocenters. The van der Waals surface area contributed by atoms with Crippen molar-refractivity contribution >= 4 is 17.3 Å². The zero-order valence-corrected chi connectivity index (χ0v) is 15.3. The summed E-state index contributed by atoms with van der Waals surface area (Å²) in [5.74, 6) is 0.300. The summed E-state index contributed by atoms with van der Waals surface area (Å²) in [6, 6.07) is 12.2. The second kappa shape index (κ2) is 9.13. The maximum absolute atomic E-state index is 12.5. The van der Waals surface area contributed by atoms with Crippen LogP contribution in [0.5, 0.6) is 5.75 Å². The van der Waals surface area contributed by atoms with Crippen LogP contribution in [0.15, 0.2) is 60.9 Å². The summed E-state index contributed by atoms with van der Waals surface area (Å²) in [6.07, 6.45) is 0.140. The molecule has 0 aliphatic carbocycles. The first-order chi connectivity index (χ1) is 13.9. The second-order valence-corrected chi connectivity index (χ2v) is 6.14. The van der Waals surface area contributed by atoms with Gasteiger partial charge in [0, 0.05) is 31.0 Å². The minimum absolute atomic E-state index is 0.246. The Bertz CT molecular complexity index is 926. The number of ether oxygens (including phenoxy) is 1. The molecule has 0 fully saturated rings. The molecule has 3 rings (SSSR count). The Morgan fingerprint density at radius 2 is 1.86 bits per heavy atom. The Morgan fingerprint density at radius 3 is 2.55 bits per heavy atom. The molecule has 6 nitrogen and oxygen atoms in total. The second-order valence-electron chi connectivity index (χ2n) is 6.14. The number of para-hydroxylation sites is 1. The van der Waals surface area contributed by atoms with E-state index in [-0.39, 0.29) is 11.7 Å². The molecule has 1 aromatic heterocycles. The van der Waals surface area contributed by atoms with Crippen LogP contribution in [0.4, 0.5) is 24.5 Å². The van der Waals surface area contributed by atoms with Gasteiger partial charge in [-0.3, -0.25) is 4.79 Å². The van der Waals surface area contributed by atoms with Gasteiger partial charge >= 0.3 is 6.36 Å². The van der Waals surface area contributed by atoms with E-state index in [1.807, 2.05) is 0 Å². The molecule has 0 aliphatic rings. The summed E-state index contributed by atoms with van der Waals surface area (Å²) in [5, 5.41) is 5.90. The van der Waals surface area contributed by atoms with Gasteiger partial charge in [0.1, 0.15) is 11.6 Å². The number of rotatable bonds is 8. The molecule has 0 saturated carbocycles. The third kappa shape index (κ3) is 6.27. The minimum Gasteiger partial charge on any atom is -0.406 e. The van der Waals surface area contributed by atoms with Gasteiger partial charge < -0.3 is 20.4 Å². The van der Waals surface area contributed by atoms with Crippen molar-refractivity contribution in [3.8, 4) is 5.75 Å². The van der Waals surface area contributed by atoms with E-state index in [0.717, 1.165) is 18.7 Å². The van der Waals surface area contributed by atoms with Crippen LogP contribution in [-0.2, 0) is 6.42 Å². The fraction of sp³-hybridized carbons (Fsp3) is 0.200. The predicted octanol–water partition coefficient (Wildman–Crippen LogP) is 4.41. The topological polar surface area (TPSA) is 79.0 Å². The lowest BCUT2D eigenvalue weighted by Crippen LogP contribution is -2.25. The van der Waals surface area contributed by atoms with Crippen LogP contribution in [0.2, 0.25) is 0 Å². The number of alkyl halides is 3. The van der Waals surface area contributed by atoms with Crippen molar-refractivity contribution in [3.63, 3.8) is 0 Å². The number of aromatic nitrogens is 2. The van der Waals surface area contributed by atoms with Gasteiger partial charge in [0.2, 0.25) is 0 Å². The van der Waals surface area contributed by atoms with E-state index in [1.54, 1.807) is 36.7 Å². The SMILES string of the molecule is O=C(NCCCc1ncc[nH]1)c1ccccc1Nc1ccc(OC(F)(F)F)cc1. The number of nitrogens with one attached hydrogen (secondary N) is 3. The number of hydrogen-bond acceptors (Lipinski definition) is 4. The molecule has 1 heterocycles. The summed E-state index contributed by atoms with van der Waals surface area (Å²) in [7, 11) is 0. The number of carbonyl (C=O) groups excluding carboxylic acids is 1. The van der Waals surface area contributed by atoms with Gasteiger partial charge in [-0.25, -0.2) is 4.98 Å². The van der Waals surface area contributed by atoms with Gasteiger partial charge in [-0.05, 0) is 42.8 Å². The van der Waals surface area contributed by atoms with Gasteiger partial charge in [-0.1, -0.05) is 12.1 Å². The molecule has 0 unspecified atom stereocenters. The Balaban J connectivity index is 1.58. The highest BCUT2D eigenvalue weighted by Gasteiger charge is 2.30. The van der Waals surface area contributed by atoms with Gasteiger partial charge in [0.15, 0.2) is 0 Å². The highest BCUT2D eigenvalue weighted by molar-refractivity contribution is 6.00. The van der Waals surface area contributed by atoms with Crippen molar-refractivity contribution in [2.24, 2.45) is 0 Å². The minimum atomic E-state index is -4.74. The number of benzene rings is 2. The lowest BCUT2D eigenvalue weighted by atomic mass is 10.1. The van der Waals surface area contributed by atoms with Crippen molar-refractivity contribution in [1.29, 1.82) is 0 Å². The quantitative estimate of drug-likeness (QED) is 0.486. The van der Waals surface area contributed by atoms with Gasteiger partial charge in [-0.15, -0.1) is 13.2 Å². The highest BCUT2D eigenvalue weighted by Crippen LogP contribution is 2.26. The number of amides is 1. The van der Waals surface area contributed by atoms with Gasteiger partial charge in [0.25, 0.3) is 5.91 Å². The first kappa shape index (κ1) is 20.2. The summed E-state index contributed by atoms with van der Waals surface area (Å²) >= 11 is 0.